The zero-order chi connectivity index (χ0) is 12.5. The Morgan fingerprint density at radius 2 is 2.06 bits per heavy atom. The summed E-state index contributed by atoms with van der Waals surface area (Å²) in [5, 5.41) is 12.8. The van der Waals surface area contributed by atoms with Gasteiger partial charge >= 0.3 is 6.18 Å². The van der Waals surface area contributed by atoms with Crippen LogP contribution in [0.4, 0.5) is 13.2 Å². The van der Waals surface area contributed by atoms with Gasteiger partial charge in [0, 0.05) is 12.5 Å². The number of aliphatic hydroxyl groups excluding tert-OH is 1. The molecule has 0 amide bonds. The lowest BCUT2D eigenvalue weighted by Gasteiger charge is -2.29. The number of rotatable bonds is 1. The van der Waals surface area contributed by atoms with Gasteiger partial charge in [-0.05, 0) is 24.6 Å². The number of piperidine rings is 1. The van der Waals surface area contributed by atoms with E-state index >= 15 is 0 Å². The molecule has 0 aromatic heterocycles. The van der Waals surface area contributed by atoms with Crippen LogP contribution in [0.3, 0.4) is 0 Å². The van der Waals surface area contributed by atoms with Gasteiger partial charge in [0.2, 0.25) is 0 Å². The third-order valence-corrected chi connectivity index (χ3v) is 3.09. The smallest absolute Gasteiger partial charge is 0.391 e. The van der Waals surface area contributed by atoms with Crippen LogP contribution in [-0.2, 0) is 6.18 Å². The molecule has 17 heavy (non-hydrogen) atoms. The first-order valence-corrected chi connectivity index (χ1v) is 5.54. The monoisotopic (exact) mass is 245 g/mol. The van der Waals surface area contributed by atoms with E-state index in [9.17, 15) is 18.3 Å². The van der Waals surface area contributed by atoms with Crippen molar-refractivity contribution in [3.05, 3.63) is 35.4 Å². The summed E-state index contributed by atoms with van der Waals surface area (Å²) in [6.45, 7) is 1.15. The fraction of sp³-hybridized carbons (Fsp3) is 0.500. The molecule has 0 radical (unpaired) electrons. The molecule has 0 spiro atoms. The van der Waals surface area contributed by atoms with Gasteiger partial charge in [-0.2, -0.15) is 13.2 Å². The van der Waals surface area contributed by atoms with E-state index < -0.39 is 17.8 Å². The topological polar surface area (TPSA) is 32.3 Å². The Labute approximate surface area is 97.5 Å². The van der Waals surface area contributed by atoms with Crippen LogP contribution in [0.25, 0.3) is 0 Å². The molecule has 5 heteroatoms. The zero-order valence-electron chi connectivity index (χ0n) is 9.17. The normalized spacial score (nSPS) is 25.9. The van der Waals surface area contributed by atoms with Gasteiger partial charge in [0.1, 0.15) is 0 Å². The fourth-order valence-electron chi connectivity index (χ4n) is 2.18. The molecule has 0 bridgehead atoms. The molecule has 1 heterocycles. The summed E-state index contributed by atoms with van der Waals surface area (Å²) in [6, 6.07) is 5.23. The second-order valence-corrected chi connectivity index (χ2v) is 4.29. The molecule has 2 unspecified atom stereocenters. The standard InChI is InChI=1S/C12H14F3NO/c13-12(14,15)9-3-1-2-8(6-9)10-4-5-16-7-11(10)17/h1-3,6,10-11,16-17H,4-5,7H2. The Bertz CT molecular complexity index is 392. The Morgan fingerprint density at radius 3 is 2.71 bits per heavy atom. The molecule has 1 aliphatic rings. The fourth-order valence-corrected chi connectivity index (χ4v) is 2.18. The number of aliphatic hydroxyl groups is 1. The summed E-state index contributed by atoms with van der Waals surface area (Å²) in [7, 11) is 0. The number of hydrogen-bond donors (Lipinski definition) is 2. The molecule has 0 saturated carbocycles. The number of hydrogen-bond acceptors (Lipinski definition) is 2. The molecule has 2 nitrogen and oxygen atoms in total. The quantitative estimate of drug-likeness (QED) is 0.794. The average molecular weight is 245 g/mol. The maximum atomic E-state index is 12.6. The highest BCUT2D eigenvalue weighted by Gasteiger charge is 2.32. The second kappa shape index (κ2) is 4.66. The summed E-state index contributed by atoms with van der Waals surface area (Å²) >= 11 is 0. The summed E-state index contributed by atoms with van der Waals surface area (Å²) in [5.41, 5.74) is -0.0884. The summed E-state index contributed by atoms with van der Waals surface area (Å²) < 4.78 is 37.7. The third-order valence-electron chi connectivity index (χ3n) is 3.09. The first-order valence-electron chi connectivity index (χ1n) is 5.54. The largest absolute Gasteiger partial charge is 0.416 e. The van der Waals surface area contributed by atoms with Crippen molar-refractivity contribution in [3.63, 3.8) is 0 Å². The van der Waals surface area contributed by atoms with Crippen LogP contribution in [0.1, 0.15) is 23.5 Å². The number of nitrogens with one attached hydrogen (secondary N) is 1. The highest BCUT2D eigenvalue weighted by atomic mass is 19.4. The molecule has 1 fully saturated rings. The van der Waals surface area contributed by atoms with E-state index in [1.807, 2.05) is 0 Å². The summed E-state index contributed by atoms with van der Waals surface area (Å²) in [6.07, 6.45) is -4.29. The van der Waals surface area contributed by atoms with Crippen molar-refractivity contribution in [2.75, 3.05) is 13.1 Å². The van der Waals surface area contributed by atoms with Gasteiger partial charge in [-0.15, -0.1) is 0 Å². The molecule has 1 aromatic rings. The van der Waals surface area contributed by atoms with E-state index in [0.717, 1.165) is 18.7 Å². The molecular formula is C12H14F3NO. The van der Waals surface area contributed by atoms with Gasteiger partial charge in [0.05, 0.1) is 11.7 Å². The van der Waals surface area contributed by atoms with Crippen LogP contribution in [0.15, 0.2) is 24.3 Å². The highest BCUT2D eigenvalue weighted by molar-refractivity contribution is 5.29. The lowest BCUT2D eigenvalue weighted by Crippen LogP contribution is -2.39. The van der Waals surface area contributed by atoms with Crippen molar-refractivity contribution in [1.29, 1.82) is 0 Å². The predicted molar refractivity (Wildman–Crippen MR) is 57.7 cm³/mol. The molecule has 2 atom stereocenters. The number of alkyl halides is 3. The lowest BCUT2D eigenvalue weighted by molar-refractivity contribution is -0.137. The maximum Gasteiger partial charge on any atom is 0.416 e. The maximum absolute atomic E-state index is 12.6. The Balaban J connectivity index is 2.26. The lowest BCUT2D eigenvalue weighted by atomic mass is 9.87. The van der Waals surface area contributed by atoms with E-state index in [1.54, 1.807) is 6.07 Å². The van der Waals surface area contributed by atoms with Crippen molar-refractivity contribution < 1.29 is 18.3 Å². The molecule has 2 N–H and O–H groups in total. The summed E-state index contributed by atoms with van der Waals surface area (Å²) in [5.74, 6) is -0.210. The zero-order valence-corrected chi connectivity index (χ0v) is 9.17. The Kier molecular flexibility index (Phi) is 3.40. The van der Waals surface area contributed by atoms with Crippen LogP contribution in [0.2, 0.25) is 0 Å². The van der Waals surface area contributed by atoms with Crippen LogP contribution in [0, 0.1) is 0 Å². The molecule has 94 valence electrons. The Hall–Kier alpha value is -1.07. The van der Waals surface area contributed by atoms with Gasteiger partial charge in [0.15, 0.2) is 0 Å². The first kappa shape index (κ1) is 12.4. The van der Waals surface area contributed by atoms with Crippen LogP contribution >= 0.6 is 0 Å². The minimum Gasteiger partial charge on any atom is -0.391 e. The average Bonchev–Trinajstić information content (AvgIpc) is 2.29. The van der Waals surface area contributed by atoms with E-state index in [2.05, 4.69) is 5.32 Å². The molecule has 2 rings (SSSR count). The number of β-amino-alcohol motifs (C(OH)–C–C–N with tert-alkyl or cyclic N) is 1. The van der Waals surface area contributed by atoms with Crippen molar-refractivity contribution in [3.8, 4) is 0 Å². The van der Waals surface area contributed by atoms with Crippen molar-refractivity contribution in [1.82, 2.24) is 5.32 Å². The van der Waals surface area contributed by atoms with E-state index in [4.69, 9.17) is 0 Å². The molecule has 1 aliphatic heterocycles. The van der Waals surface area contributed by atoms with E-state index in [0.29, 0.717) is 18.5 Å². The highest BCUT2D eigenvalue weighted by Crippen LogP contribution is 2.33. The van der Waals surface area contributed by atoms with Gasteiger partial charge in [-0.3, -0.25) is 0 Å². The minimum atomic E-state index is -4.33. The molecule has 1 saturated heterocycles. The van der Waals surface area contributed by atoms with Gasteiger partial charge in [0.25, 0.3) is 0 Å². The van der Waals surface area contributed by atoms with Gasteiger partial charge in [-0.25, -0.2) is 0 Å². The van der Waals surface area contributed by atoms with Crippen LogP contribution in [-0.4, -0.2) is 24.3 Å². The van der Waals surface area contributed by atoms with E-state index in [1.165, 1.54) is 6.07 Å². The van der Waals surface area contributed by atoms with Gasteiger partial charge in [-0.1, -0.05) is 18.2 Å². The minimum absolute atomic E-state index is 0.210. The summed E-state index contributed by atoms with van der Waals surface area (Å²) in [4.78, 5) is 0. The van der Waals surface area contributed by atoms with Crippen LogP contribution in [0.5, 0.6) is 0 Å². The third kappa shape index (κ3) is 2.79. The molecule has 0 aliphatic carbocycles. The first-order chi connectivity index (χ1) is 7.98. The number of benzene rings is 1. The van der Waals surface area contributed by atoms with Crippen molar-refractivity contribution in [2.24, 2.45) is 0 Å². The predicted octanol–water partition coefficient (Wildman–Crippen LogP) is 2.14. The van der Waals surface area contributed by atoms with E-state index in [-0.39, 0.29) is 5.92 Å². The SMILES string of the molecule is OC1CNCCC1c1cccc(C(F)(F)F)c1. The molecule has 1 aromatic carbocycles. The van der Waals surface area contributed by atoms with Crippen molar-refractivity contribution in [2.45, 2.75) is 24.6 Å². The molecular weight excluding hydrogens is 231 g/mol. The van der Waals surface area contributed by atoms with Crippen molar-refractivity contribution >= 4 is 0 Å². The van der Waals surface area contributed by atoms with Gasteiger partial charge < -0.3 is 10.4 Å². The number of halogens is 3. The second-order valence-electron chi connectivity index (χ2n) is 4.29. The van der Waals surface area contributed by atoms with Crippen LogP contribution < -0.4 is 5.32 Å². The Morgan fingerprint density at radius 1 is 1.29 bits per heavy atom.